The molecule has 0 atom stereocenters. The van der Waals surface area contributed by atoms with Gasteiger partial charge in [-0.15, -0.1) is 0 Å². The molecule has 202 valence electrons. The largest absolute Gasteiger partial charge is 0.0622 e. The molecular weight excluding hydrogens is 504 g/mol. The van der Waals surface area contributed by atoms with Crippen molar-refractivity contribution in [3.05, 3.63) is 157 Å². The van der Waals surface area contributed by atoms with Crippen molar-refractivity contribution in [2.24, 2.45) is 0 Å². The normalized spacial score (nSPS) is 11.7. The second kappa shape index (κ2) is 10.5. The predicted molar refractivity (Wildman–Crippen MR) is 182 cm³/mol. The summed E-state index contributed by atoms with van der Waals surface area (Å²) in [5, 5.41) is 5.16. The van der Waals surface area contributed by atoms with Gasteiger partial charge in [0.1, 0.15) is 0 Å². The lowest BCUT2D eigenvalue weighted by Gasteiger charge is -2.25. The number of benzene rings is 7. The zero-order valence-electron chi connectivity index (χ0n) is 24.4. The van der Waals surface area contributed by atoms with Crippen molar-refractivity contribution < 1.29 is 0 Å². The molecule has 0 aliphatic carbocycles. The number of hydrogen-bond acceptors (Lipinski definition) is 0. The number of fused-ring (bicyclic) bond motifs is 2. The summed E-state index contributed by atoms with van der Waals surface area (Å²) in [4.78, 5) is 0. The summed E-state index contributed by atoms with van der Waals surface area (Å²) in [5.74, 6) is 0. The van der Waals surface area contributed by atoms with Crippen LogP contribution in [0.15, 0.2) is 152 Å². The Hall–Kier alpha value is -4.94. The Labute approximate surface area is 248 Å². The fraction of sp³-hybridized carbons (Fsp3) is 0.0952. The van der Waals surface area contributed by atoms with Crippen LogP contribution < -0.4 is 0 Å². The molecule has 7 aromatic carbocycles. The molecule has 0 bridgehead atoms. The molecule has 0 heterocycles. The Morgan fingerprint density at radius 1 is 0.333 bits per heavy atom. The standard InChI is InChI=1S/C42H34/c1-42(2,3)39-23-12-11-22-38(39)41-36-20-9-7-18-34(36)40(35-19-8-10-21-37(35)41)31-26-24-30(25-27-31)33-17-13-16-32(28-33)29-14-5-4-6-15-29/h4-28H,1-3H3. The zero-order valence-corrected chi connectivity index (χ0v) is 24.4. The molecule has 0 nitrogen and oxygen atoms in total. The molecule has 42 heavy (non-hydrogen) atoms. The van der Waals surface area contributed by atoms with Crippen LogP contribution in [0.1, 0.15) is 26.3 Å². The lowest BCUT2D eigenvalue weighted by Crippen LogP contribution is -2.12. The van der Waals surface area contributed by atoms with Crippen molar-refractivity contribution in [1.82, 2.24) is 0 Å². The summed E-state index contributed by atoms with van der Waals surface area (Å²) < 4.78 is 0. The van der Waals surface area contributed by atoms with Gasteiger partial charge in [0.05, 0.1) is 0 Å². The van der Waals surface area contributed by atoms with Crippen LogP contribution in [0, 0.1) is 0 Å². The zero-order chi connectivity index (χ0) is 28.7. The third-order valence-electron chi connectivity index (χ3n) is 8.41. The summed E-state index contributed by atoms with van der Waals surface area (Å²) in [6.45, 7) is 6.92. The van der Waals surface area contributed by atoms with Gasteiger partial charge in [-0.1, -0.05) is 166 Å². The van der Waals surface area contributed by atoms with Gasteiger partial charge in [0.2, 0.25) is 0 Å². The van der Waals surface area contributed by atoms with Crippen molar-refractivity contribution in [2.75, 3.05) is 0 Å². The molecular formula is C42H34. The SMILES string of the molecule is CC(C)(C)c1ccccc1-c1c2ccccc2c(-c2ccc(-c3cccc(-c4ccccc4)c3)cc2)c2ccccc12. The third-order valence-corrected chi connectivity index (χ3v) is 8.41. The molecule has 0 N–H and O–H groups in total. The molecule has 0 fully saturated rings. The Morgan fingerprint density at radius 2 is 0.762 bits per heavy atom. The lowest BCUT2D eigenvalue weighted by atomic mass is 9.78. The van der Waals surface area contributed by atoms with Gasteiger partial charge < -0.3 is 0 Å². The maximum atomic E-state index is 2.31. The maximum absolute atomic E-state index is 2.31. The van der Waals surface area contributed by atoms with Crippen LogP contribution >= 0.6 is 0 Å². The molecule has 0 radical (unpaired) electrons. The van der Waals surface area contributed by atoms with Gasteiger partial charge in [-0.25, -0.2) is 0 Å². The molecule has 0 aromatic heterocycles. The van der Waals surface area contributed by atoms with Crippen molar-refractivity contribution in [2.45, 2.75) is 26.2 Å². The molecule has 0 aliphatic rings. The predicted octanol–water partition coefficient (Wildman–Crippen LogP) is 12.0. The van der Waals surface area contributed by atoms with E-state index in [0.29, 0.717) is 0 Å². The second-order valence-corrected chi connectivity index (χ2v) is 12.2. The van der Waals surface area contributed by atoms with Crippen LogP contribution in [0.4, 0.5) is 0 Å². The molecule has 0 spiro atoms. The highest BCUT2D eigenvalue weighted by atomic mass is 14.3. The highest BCUT2D eigenvalue weighted by Crippen LogP contribution is 2.46. The van der Waals surface area contributed by atoms with E-state index in [9.17, 15) is 0 Å². The Bertz CT molecular complexity index is 1980. The second-order valence-electron chi connectivity index (χ2n) is 12.2. The minimum absolute atomic E-state index is 0.0329. The van der Waals surface area contributed by atoms with Crippen LogP contribution in [0.25, 0.3) is 66.1 Å². The molecule has 0 aliphatic heterocycles. The first-order valence-corrected chi connectivity index (χ1v) is 14.8. The van der Waals surface area contributed by atoms with Crippen LogP contribution in [0.2, 0.25) is 0 Å². The van der Waals surface area contributed by atoms with Crippen molar-refractivity contribution in [3.63, 3.8) is 0 Å². The van der Waals surface area contributed by atoms with Gasteiger partial charge in [-0.2, -0.15) is 0 Å². The van der Waals surface area contributed by atoms with Crippen LogP contribution in [-0.4, -0.2) is 0 Å². The first-order chi connectivity index (χ1) is 20.5. The van der Waals surface area contributed by atoms with E-state index in [2.05, 4.69) is 172 Å². The Kier molecular flexibility index (Phi) is 6.48. The molecule has 7 rings (SSSR count). The summed E-state index contributed by atoms with van der Waals surface area (Å²) in [6, 6.07) is 55.3. The summed E-state index contributed by atoms with van der Waals surface area (Å²) in [7, 11) is 0. The average Bonchev–Trinajstić information content (AvgIpc) is 3.04. The molecule has 0 amide bonds. The average molecular weight is 539 g/mol. The summed E-state index contributed by atoms with van der Waals surface area (Å²) in [6.07, 6.45) is 0. The summed E-state index contributed by atoms with van der Waals surface area (Å²) >= 11 is 0. The van der Waals surface area contributed by atoms with E-state index in [4.69, 9.17) is 0 Å². The lowest BCUT2D eigenvalue weighted by molar-refractivity contribution is 0.592. The first-order valence-electron chi connectivity index (χ1n) is 14.8. The van der Waals surface area contributed by atoms with E-state index in [1.165, 1.54) is 71.6 Å². The van der Waals surface area contributed by atoms with Crippen LogP contribution in [0.3, 0.4) is 0 Å². The Morgan fingerprint density at radius 3 is 1.33 bits per heavy atom. The van der Waals surface area contributed by atoms with E-state index < -0.39 is 0 Å². The van der Waals surface area contributed by atoms with Crippen molar-refractivity contribution in [1.29, 1.82) is 0 Å². The highest BCUT2D eigenvalue weighted by molar-refractivity contribution is 6.21. The minimum atomic E-state index is 0.0329. The molecule has 7 aromatic rings. The topological polar surface area (TPSA) is 0 Å². The van der Waals surface area contributed by atoms with E-state index in [1.807, 2.05) is 0 Å². The fourth-order valence-electron chi connectivity index (χ4n) is 6.42. The van der Waals surface area contributed by atoms with Crippen LogP contribution in [0.5, 0.6) is 0 Å². The fourth-order valence-corrected chi connectivity index (χ4v) is 6.42. The molecule has 0 saturated heterocycles. The highest BCUT2D eigenvalue weighted by Gasteiger charge is 2.22. The van der Waals surface area contributed by atoms with Gasteiger partial charge in [0.15, 0.2) is 0 Å². The van der Waals surface area contributed by atoms with Gasteiger partial charge in [0, 0.05) is 0 Å². The maximum Gasteiger partial charge on any atom is -0.00234 e. The van der Waals surface area contributed by atoms with Gasteiger partial charge in [0.25, 0.3) is 0 Å². The van der Waals surface area contributed by atoms with Gasteiger partial charge in [-0.3, -0.25) is 0 Å². The molecule has 0 unspecified atom stereocenters. The summed E-state index contributed by atoms with van der Waals surface area (Å²) in [5.41, 5.74) is 11.5. The van der Waals surface area contributed by atoms with Crippen LogP contribution in [-0.2, 0) is 5.41 Å². The smallest absolute Gasteiger partial charge is 0.00234 e. The van der Waals surface area contributed by atoms with E-state index in [1.54, 1.807) is 0 Å². The monoisotopic (exact) mass is 538 g/mol. The van der Waals surface area contributed by atoms with Gasteiger partial charge in [-0.05, 0) is 83.1 Å². The third kappa shape index (κ3) is 4.60. The van der Waals surface area contributed by atoms with E-state index in [0.717, 1.165) is 0 Å². The van der Waals surface area contributed by atoms with Crippen molar-refractivity contribution >= 4 is 21.5 Å². The first kappa shape index (κ1) is 26.0. The quantitative estimate of drug-likeness (QED) is 0.196. The van der Waals surface area contributed by atoms with Crippen molar-refractivity contribution in [3.8, 4) is 44.5 Å². The Balaban J connectivity index is 1.41. The molecule has 0 saturated carbocycles. The molecule has 0 heteroatoms. The number of rotatable bonds is 4. The van der Waals surface area contributed by atoms with Gasteiger partial charge >= 0.3 is 0 Å². The van der Waals surface area contributed by atoms with E-state index in [-0.39, 0.29) is 5.41 Å². The van der Waals surface area contributed by atoms with E-state index >= 15 is 0 Å². The number of hydrogen-bond donors (Lipinski definition) is 0. The minimum Gasteiger partial charge on any atom is -0.0622 e.